The lowest BCUT2D eigenvalue weighted by molar-refractivity contribution is -0.276. The van der Waals surface area contributed by atoms with Crippen molar-refractivity contribution in [1.29, 1.82) is 0 Å². The summed E-state index contributed by atoms with van der Waals surface area (Å²) in [6.07, 6.45) is -5.85. The molecule has 1 rings (SSSR count). The summed E-state index contributed by atoms with van der Waals surface area (Å²) in [6, 6.07) is -1.39. The number of piperazine rings is 1. The van der Waals surface area contributed by atoms with Crippen molar-refractivity contribution in [3.8, 4) is 0 Å². The second-order valence-electron chi connectivity index (χ2n) is 4.14. The van der Waals surface area contributed by atoms with E-state index >= 15 is 0 Å². The van der Waals surface area contributed by atoms with Gasteiger partial charge in [0.15, 0.2) is 0 Å². The quantitative estimate of drug-likeness (QED) is 0.723. The summed E-state index contributed by atoms with van der Waals surface area (Å²) in [5, 5.41) is 2.84. The highest BCUT2D eigenvalue weighted by Gasteiger charge is 2.65. The zero-order valence-corrected chi connectivity index (χ0v) is 9.31. The Hall–Kier alpha value is -0.920. The Morgan fingerprint density at radius 3 is 1.88 bits per heavy atom. The molecule has 1 fully saturated rings. The summed E-state index contributed by atoms with van der Waals surface area (Å²) in [4.78, 5) is 11.9. The molecule has 1 aliphatic rings. The monoisotopic (exact) mass is 260 g/mol. The first kappa shape index (κ1) is 14.1. The van der Waals surface area contributed by atoms with Crippen molar-refractivity contribution < 1.29 is 26.7 Å². The minimum atomic E-state index is -5.85. The van der Waals surface area contributed by atoms with Gasteiger partial charge in [0.25, 0.3) is 0 Å². The van der Waals surface area contributed by atoms with E-state index in [0.717, 1.165) is 0 Å². The second-order valence-corrected chi connectivity index (χ2v) is 4.14. The Bertz CT molecular complexity index is 294. The van der Waals surface area contributed by atoms with E-state index in [9.17, 15) is 26.7 Å². The maximum Gasteiger partial charge on any atom is 0.463 e. The number of rotatable bonds is 1. The topological polar surface area (TPSA) is 32.3 Å². The number of nitrogens with one attached hydrogen (secondary N) is 1. The van der Waals surface area contributed by atoms with E-state index in [4.69, 9.17) is 0 Å². The number of hydrogen-bond donors (Lipinski definition) is 1. The maximum absolute atomic E-state index is 12.9. The normalized spacial score (nSPS) is 27.1. The van der Waals surface area contributed by atoms with E-state index in [0.29, 0.717) is 4.90 Å². The molecule has 1 N–H and O–H groups in total. The Labute approximate surface area is 95.0 Å². The molecule has 0 aromatic heterocycles. The first-order valence-corrected chi connectivity index (χ1v) is 5.07. The molecule has 8 heteroatoms. The van der Waals surface area contributed by atoms with Gasteiger partial charge in [0.2, 0.25) is 0 Å². The van der Waals surface area contributed by atoms with Gasteiger partial charge in [-0.25, -0.2) is 0 Å². The molecule has 1 heterocycles. The van der Waals surface area contributed by atoms with Gasteiger partial charge in [0.1, 0.15) is 0 Å². The molecule has 3 nitrogen and oxygen atoms in total. The van der Waals surface area contributed by atoms with Crippen LogP contribution in [0.3, 0.4) is 0 Å². The molecule has 0 bridgehead atoms. The lowest BCUT2D eigenvalue weighted by Crippen LogP contribution is -2.63. The fraction of sp³-hybridized carbons (Fsp3) is 0.889. The van der Waals surface area contributed by atoms with Gasteiger partial charge in [-0.1, -0.05) is 0 Å². The van der Waals surface area contributed by atoms with Crippen LogP contribution in [0, 0.1) is 0 Å². The largest absolute Gasteiger partial charge is 0.463 e. The summed E-state index contributed by atoms with van der Waals surface area (Å²) in [7, 11) is 0. The average Bonchev–Trinajstić information content (AvgIpc) is 2.15. The maximum atomic E-state index is 12.9. The van der Waals surface area contributed by atoms with Crippen LogP contribution in [0.5, 0.6) is 0 Å². The number of carbonyl (C=O) groups excluding carboxylic acids is 1. The van der Waals surface area contributed by atoms with E-state index in [1.807, 2.05) is 0 Å². The molecule has 2 atom stereocenters. The van der Waals surface area contributed by atoms with Crippen LogP contribution in [-0.2, 0) is 4.79 Å². The van der Waals surface area contributed by atoms with Crippen LogP contribution in [0.1, 0.15) is 13.8 Å². The average molecular weight is 260 g/mol. The molecular weight excluding hydrogens is 247 g/mol. The number of hydrogen-bond acceptors (Lipinski definition) is 2. The predicted molar refractivity (Wildman–Crippen MR) is 49.6 cm³/mol. The molecule has 0 spiro atoms. The number of amides is 1. The highest BCUT2D eigenvalue weighted by atomic mass is 19.4. The van der Waals surface area contributed by atoms with Crippen LogP contribution in [-0.4, -0.2) is 48.1 Å². The summed E-state index contributed by atoms with van der Waals surface area (Å²) in [5.41, 5.74) is 0. The van der Waals surface area contributed by atoms with Gasteiger partial charge < -0.3 is 10.2 Å². The van der Waals surface area contributed by atoms with Crippen LogP contribution in [0.15, 0.2) is 0 Å². The molecule has 1 aliphatic heterocycles. The van der Waals surface area contributed by atoms with Crippen LogP contribution in [0.2, 0.25) is 0 Å². The van der Waals surface area contributed by atoms with Crippen molar-refractivity contribution >= 4 is 5.91 Å². The van der Waals surface area contributed by atoms with Gasteiger partial charge in [-0.05, 0) is 13.8 Å². The number of halogens is 5. The number of nitrogens with zero attached hydrogens (tertiary/aromatic N) is 1. The SMILES string of the molecule is CC1CNCC(C)N1C(=O)C(F)(F)C(F)(F)F. The Kier molecular flexibility index (Phi) is 3.66. The van der Waals surface area contributed by atoms with Crippen molar-refractivity contribution in [2.75, 3.05) is 13.1 Å². The zero-order valence-electron chi connectivity index (χ0n) is 9.31. The van der Waals surface area contributed by atoms with Crippen molar-refractivity contribution in [2.45, 2.75) is 38.0 Å². The van der Waals surface area contributed by atoms with Gasteiger partial charge in [0.05, 0.1) is 0 Å². The second kappa shape index (κ2) is 4.40. The molecule has 17 heavy (non-hydrogen) atoms. The van der Waals surface area contributed by atoms with Crippen molar-refractivity contribution in [1.82, 2.24) is 10.2 Å². The summed E-state index contributed by atoms with van der Waals surface area (Å²) < 4.78 is 62.1. The van der Waals surface area contributed by atoms with E-state index in [-0.39, 0.29) is 13.1 Å². The molecule has 0 aliphatic carbocycles. The summed E-state index contributed by atoms with van der Waals surface area (Å²) in [6.45, 7) is 3.24. The fourth-order valence-corrected chi connectivity index (χ4v) is 1.82. The lowest BCUT2D eigenvalue weighted by Gasteiger charge is -2.41. The highest BCUT2D eigenvalue weighted by molar-refractivity contribution is 5.85. The van der Waals surface area contributed by atoms with Crippen LogP contribution < -0.4 is 5.32 Å². The van der Waals surface area contributed by atoms with Crippen molar-refractivity contribution in [3.05, 3.63) is 0 Å². The van der Waals surface area contributed by atoms with Crippen molar-refractivity contribution in [3.63, 3.8) is 0 Å². The van der Waals surface area contributed by atoms with E-state index < -0.39 is 30.1 Å². The zero-order chi connectivity index (χ0) is 13.4. The van der Waals surface area contributed by atoms with Gasteiger partial charge in [0, 0.05) is 25.2 Å². The molecule has 0 saturated carbocycles. The van der Waals surface area contributed by atoms with E-state index in [2.05, 4.69) is 5.32 Å². The molecule has 1 amide bonds. The molecule has 2 unspecified atom stereocenters. The highest BCUT2D eigenvalue weighted by Crippen LogP contribution is 2.37. The van der Waals surface area contributed by atoms with Crippen LogP contribution >= 0.6 is 0 Å². The first-order valence-electron chi connectivity index (χ1n) is 5.07. The fourth-order valence-electron chi connectivity index (χ4n) is 1.82. The van der Waals surface area contributed by atoms with Gasteiger partial charge in [-0.15, -0.1) is 0 Å². The third kappa shape index (κ3) is 2.51. The molecule has 1 saturated heterocycles. The molecule has 0 radical (unpaired) electrons. The summed E-state index contributed by atoms with van der Waals surface area (Å²) >= 11 is 0. The van der Waals surface area contributed by atoms with Gasteiger partial charge in [-0.3, -0.25) is 4.79 Å². The molecule has 100 valence electrons. The minimum Gasteiger partial charge on any atom is -0.329 e. The smallest absolute Gasteiger partial charge is 0.329 e. The summed E-state index contributed by atoms with van der Waals surface area (Å²) in [5.74, 6) is -7.50. The Morgan fingerprint density at radius 2 is 1.53 bits per heavy atom. The van der Waals surface area contributed by atoms with Crippen LogP contribution in [0.4, 0.5) is 22.0 Å². The number of carbonyl (C=O) groups is 1. The molecule has 0 aromatic rings. The first-order chi connectivity index (χ1) is 7.59. The van der Waals surface area contributed by atoms with Gasteiger partial charge >= 0.3 is 18.0 Å². The molecular formula is C9H13F5N2O. The predicted octanol–water partition coefficient (Wildman–Crippen LogP) is 1.39. The standard InChI is InChI=1S/C9H13F5N2O/c1-5-3-15-4-6(2)16(5)7(17)8(10,11)9(12,13)14/h5-6,15H,3-4H2,1-2H3. The Morgan fingerprint density at radius 1 is 1.12 bits per heavy atom. The Balaban J connectivity index is 2.95. The third-order valence-electron chi connectivity index (χ3n) is 2.69. The van der Waals surface area contributed by atoms with Crippen LogP contribution in [0.25, 0.3) is 0 Å². The number of alkyl halides is 5. The van der Waals surface area contributed by atoms with Crippen molar-refractivity contribution in [2.24, 2.45) is 0 Å². The van der Waals surface area contributed by atoms with E-state index in [1.165, 1.54) is 13.8 Å². The molecule has 0 aromatic carbocycles. The minimum absolute atomic E-state index is 0.198. The van der Waals surface area contributed by atoms with E-state index in [1.54, 1.807) is 0 Å². The van der Waals surface area contributed by atoms with Gasteiger partial charge in [-0.2, -0.15) is 22.0 Å². The lowest BCUT2D eigenvalue weighted by atomic mass is 10.1. The third-order valence-corrected chi connectivity index (χ3v) is 2.69.